The molecule has 3 rings (SSSR count). The van der Waals surface area contributed by atoms with Crippen LogP contribution in [0, 0.1) is 35.0 Å². The molecule has 0 saturated heterocycles. The Bertz CT molecular complexity index is 592. The summed E-state index contributed by atoms with van der Waals surface area (Å²) in [5.74, 6) is 4.05. The number of allylic oxidation sites excluding steroid dienone is 3. The molecule has 0 heterocycles. The average molecular weight is 403 g/mol. The zero-order valence-electron chi connectivity index (χ0n) is 19.7. The predicted octanol–water partition coefficient (Wildman–Crippen LogP) is 6.67. The minimum atomic E-state index is -0.370. The van der Waals surface area contributed by atoms with Gasteiger partial charge in [-0.2, -0.15) is 0 Å². The van der Waals surface area contributed by atoms with Crippen molar-refractivity contribution in [3.05, 3.63) is 23.3 Å². The Balaban J connectivity index is 1.68. The van der Waals surface area contributed by atoms with Crippen molar-refractivity contribution < 1.29 is 10.2 Å². The monoisotopic (exact) mass is 402 g/mol. The molecule has 2 heteroatoms. The van der Waals surface area contributed by atoms with E-state index >= 15 is 0 Å². The van der Waals surface area contributed by atoms with Gasteiger partial charge in [0.2, 0.25) is 0 Å². The molecule has 0 spiro atoms. The van der Waals surface area contributed by atoms with E-state index in [0.29, 0.717) is 11.8 Å². The van der Waals surface area contributed by atoms with Gasteiger partial charge in [0.05, 0.1) is 12.2 Å². The summed E-state index contributed by atoms with van der Waals surface area (Å²) in [4.78, 5) is 0. The molecule has 2 nitrogen and oxygen atoms in total. The molecular weight excluding hydrogens is 356 g/mol. The first-order chi connectivity index (χ1) is 13.7. The van der Waals surface area contributed by atoms with Gasteiger partial charge in [-0.3, -0.25) is 0 Å². The van der Waals surface area contributed by atoms with Crippen LogP contribution in [0.3, 0.4) is 0 Å². The summed E-state index contributed by atoms with van der Waals surface area (Å²) in [6, 6.07) is 0. The molecule has 0 aliphatic heterocycles. The van der Waals surface area contributed by atoms with Crippen LogP contribution in [0.1, 0.15) is 98.8 Å². The van der Waals surface area contributed by atoms with Crippen molar-refractivity contribution >= 4 is 0 Å². The van der Waals surface area contributed by atoms with Gasteiger partial charge in [0, 0.05) is 0 Å². The van der Waals surface area contributed by atoms with E-state index in [2.05, 4.69) is 46.8 Å². The van der Waals surface area contributed by atoms with E-state index in [4.69, 9.17) is 0 Å². The molecule has 7 atom stereocenters. The molecule has 0 radical (unpaired) electrons. The Labute approximate surface area is 179 Å². The Kier molecular flexibility index (Phi) is 7.71. The van der Waals surface area contributed by atoms with Crippen LogP contribution in [-0.4, -0.2) is 22.4 Å². The van der Waals surface area contributed by atoms with Crippen molar-refractivity contribution in [2.24, 2.45) is 35.0 Å². The Morgan fingerprint density at radius 1 is 1.00 bits per heavy atom. The third kappa shape index (κ3) is 5.37. The maximum atomic E-state index is 9.98. The normalized spacial score (nSPS) is 38.9. The molecule has 0 amide bonds. The fourth-order valence-corrected chi connectivity index (χ4v) is 6.80. The van der Waals surface area contributed by atoms with Gasteiger partial charge < -0.3 is 10.2 Å². The Morgan fingerprint density at radius 3 is 2.34 bits per heavy atom. The number of aliphatic hydroxyl groups is 2. The number of rotatable bonds is 6. The highest BCUT2D eigenvalue weighted by atomic mass is 16.3. The molecule has 3 saturated carbocycles. The second kappa shape index (κ2) is 9.69. The number of hydrogen-bond acceptors (Lipinski definition) is 2. The molecular formula is C27H46O2. The quantitative estimate of drug-likeness (QED) is 0.521. The lowest BCUT2D eigenvalue weighted by atomic mass is 9.60. The molecule has 0 aromatic heterocycles. The highest BCUT2D eigenvalue weighted by Gasteiger charge is 2.50. The van der Waals surface area contributed by atoms with Crippen molar-refractivity contribution in [2.75, 3.05) is 0 Å². The zero-order chi connectivity index (χ0) is 21.2. The van der Waals surface area contributed by atoms with Crippen molar-refractivity contribution in [3.63, 3.8) is 0 Å². The summed E-state index contributed by atoms with van der Waals surface area (Å²) in [6.07, 6.45) is 15.3. The van der Waals surface area contributed by atoms with Gasteiger partial charge in [-0.1, -0.05) is 70.8 Å². The lowest BCUT2D eigenvalue weighted by Crippen LogP contribution is -2.36. The van der Waals surface area contributed by atoms with Crippen molar-refractivity contribution in [1.82, 2.24) is 0 Å². The fourth-order valence-electron chi connectivity index (χ4n) is 6.80. The molecule has 3 aliphatic rings. The smallest absolute Gasteiger partial charge is 0.0602 e. The first kappa shape index (κ1) is 23.1. The molecule has 0 aromatic carbocycles. The second-order valence-corrected chi connectivity index (χ2v) is 11.4. The molecule has 3 fully saturated rings. The van der Waals surface area contributed by atoms with E-state index in [1.165, 1.54) is 50.5 Å². The van der Waals surface area contributed by atoms with Crippen LogP contribution < -0.4 is 0 Å². The summed E-state index contributed by atoms with van der Waals surface area (Å²) in [5, 5.41) is 20.0. The highest BCUT2D eigenvalue weighted by Crippen LogP contribution is 2.60. The largest absolute Gasteiger partial charge is 0.393 e. The average Bonchev–Trinajstić information content (AvgIpc) is 3.00. The molecule has 0 aromatic rings. The first-order valence-corrected chi connectivity index (χ1v) is 12.4. The molecule has 0 unspecified atom stereocenters. The van der Waals surface area contributed by atoms with Crippen molar-refractivity contribution in [1.29, 1.82) is 0 Å². The van der Waals surface area contributed by atoms with Crippen LogP contribution in [0.25, 0.3) is 0 Å². The third-order valence-electron chi connectivity index (χ3n) is 9.01. The van der Waals surface area contributed by atoms with Crippen LogP contribution in [0.15, 0.2) is 23.3 Å². The Morgan fingerprint density at radius 2 is 1.69 bits per heavy atom. The molecule has 166 valence electrons. The van der Waals surface area contributed by atoms with Gasteiger partial charge in [0.25, 0.3) is 0 Å². The van der Waals surface area contributed by atoms with Gasteiger partial charge >= 0.3 is 0 Å². The van der Waals surface area contributed by atoms with Crippen molar-refractivity contribution in [2.45, 2.75) is 111 Å². The van der Waals surface area contributed by atoms with E-state index in [1.54, 1.807) is 5.57 Å². The van der Waals surface area contributed by atoms with E-state index in [-0.39, 0.29) is 12.2 Å². The van der Waals surface area contributed by atoms with Crippen LogP contribution >= 0.6 is 0 Å². The fraction of sp³-hybridized carbons (Fsp3) is 0.852. The molecule has 3 aliphatic carbocycles. The zero-order valence-corrected chi connectivity index (χ0v) is 19.7. The van der Waals surface area contributed by atoms with Crippen LogP contribution in [0.4, 0.5) is 0 Å². The molecule has 2 N–H and O–H groups in total. The number of hydrogen-bond donors (Lipinski definition) is 2. The summed E-state index contributed by atoms with van der Waals surface area (Å²) in [5.41, 5.74) is 3.34. The number of aliphatic hydroxyl groups excluding tert-OH is 2. The maximum absolute atomic E-state index is 9.98. The lowest BCUT2D eigenvalue weighted by Gasteiger charge is -2.44. The minimum absolute atomic E-state index is 0.370. The van der Waals surface area contributed by atoms with Gasteiger partial charge in [-0.25, -0.2) is 0 Å². The van der Waals surface area contributed by atoms with Crippen LogP contribution in [-0.2, 0) is 0 Å². The van der Waals surface area contributed by atoms with Gasteiger partial charge in [-0.05, 0) is 86.4 Å². The standard InChI is InChI=1S/C27H46O2/c1-18(2)19(3)8-9-20(4)25-12-13-26-22(7-6-14-27(25,26)5)11-10-21-15-23(28)17-24(29)16-21/h10-11,18-20,23-26,28-29H,6-9,12-17H2,1-5H3/b22-11+/t19-,20+,23+,24+,25+,26-,27+/m0/s1. The van der Waals surface area contributed by atoms with E-state index < -0.39 is 0 Å². The van der Waals surface area contributed by atoms with E-state index in [9.17, 15) is 10.2 Å². The van der Waals surface area contributed by atoms with Crippen LogP contribution in [0.2, 0.25) is 0 Å². The van der Waals surface area contributed by atoms with Gasteiger partial charge in [-0.15, -0.1) is 0 Å². The Hall–Kier alpha value is -0.600. The molecule has 0 bridgehead atoms. The van der Waals surface area contributed by atoms with E-state index in [1.807, 2.05) is 0 Å². The summed E-state index contributed by atoms with van der Waals surface area (Å²) >= 11 is 0. The molecule has 29 heavy (non-hydrogen) atoms. The second-order valence-electron chi connectivity index (χ2n) is 11.4. The SMILES string of the molecule is CC(C)[C@@H](C)CC[C@@H](C)[C@H]1CC[C@H]2/C(=C/C=C3C[C@@H](O)C[C@H](O)C3)CCC[C@]12C. The summed E-state index contributed by atoms with van der Waals surface area (Å²) in [6.45, 7) is 12.3. The summed E-state index contributed by atoms with van der Waals surface area (Å²) in [7, 11) is 0. The first-order valence-electron chi connectivity index (χ1n) is 12.4. The predicted molar refractivity (Wildman–Crippen MR) is 123 cm³/mol. The van der Waals surface area contributed by atoms with E-state index in [0.717, 1.165) is 42.4 Å². The lowest BCUT2D eigenvalue weighted by molar-refractivity contribution is 0.0609. The third-order valence-corrected chi connectivity index (χ3v) is 9.01. The maximum Gasteiger partial charge on any atom is 0.0602 e. The number of fused-ring (bicyclic) bond motifs is 1. The van der Waals surface area contributed by atoms with Gasteiger partial charge in [0.1, 0.15) is 0 Å². The minimum Gasteiger partial charge on any atom is -0.393 e. The van der Waals surface area contributed by atoms with Crippen molar-refractivity contribution in [3.8, 4) is 0 Å². The van der Waals surface area contributed by atoms with Crippen LogP contribution in [0.5, 0.6) is 0 Å². The van der Waals surface area contributed by atoms with Gasteiger partial charge in [0.15, 0.2) is 0 Å². The summed E-state index contributed by atoms with van der Waals surface area (Å²) < 4.78 is 0. The highest BCUT2D eigenvalue weighted by molar-refractivity contribution is 5.26. The topological polar surface area (TPSA) is 40.5 Å².